The van der Waals surface area contributed by atoms with Crippen LogP contribution in [0.2, 0.25) is 0 Å². The molecule has 0 aliphatic carbocycles. The summed E-state index contributed by atoms with van der Waals surface area (Å²) in [4.78, 5) is 36.7. The van der Waals surface area contributed by atoms with Gasteiger partial charge in [-0.25, -0.2) is 4.98 Å². The Bertz CT molecular complexity index is 1360. The van der Waals surface area contributed by atoms with E-state index in [-0.39, 0.29) is 24.1 Å². The van der Waals surface area contributed by atoms with Crippen LogP contribution in [0.1, 0.15) is 34.9 Å². The number of thiophene rings is 1. The van der Waals surface area contributed by atoms with Crippen LogP contribution in [0.3, 0.4) is 0 Å². The lowest BCUT2D eigenvalue weighted by molar-refractivity contribution is 0.0690. The minimum Gasteiger partial charge on any atom is -0.488 e. The Morgan fingerprint density at radius 3 is 2.81 bits per heavy atom. The molecule has 1 aliphatic rings. The van der Waals surface area contributed by atoms with E-state index in [2.05, 4.69) is 9.97 Å². The number of H-pyrrole nitrogens is 1. The van der Waals surface area contributed by atoms with Crippen molar-refractivity contribution in [1.29, 1.82) is 0 Å². The number of carbonyl (C=O) groups is 1. The summed E-state index contributed by atoms with van der Waals surface area (Å²) in [6.45, 7) is 4.61. The molecule has 0 radical (unpaired) electrons. The van der Waals surface area contributed by atoms with Crippen molar-refractivity contribution in [2.24, 2.45) is 0 Å². The van der Waals surface area contributed by atoms with E-state index < -0.39 is 0 Å². The zero-order valence-corrected chi connectivity index (χ0v) is 18.0. The van der Waals surface area contributed by atoms with Gasteiger partial charge in [0, 0.05) is 22.0 Å². The van der Waals surface area contributed by atoms with Gasteiger partial charge in [0.2, 0.25) is 0 Å². The van der Waals surface area contributed by atoms with E-state index in [1.807, 2.05) is 56.3 Å². The van der Waals surface area contributed by atoms with Crippen LogP contribution in [0.25, 0.3) is 21.3 Å². The highest BCUT2D eigenvalue weighted by atomic mass is 32.1. The van der Waals surface area contributed by atoms with Gasteiger partial charge in [0.25, 0.3) is 11.5 Å². The number of rotatable bonds is 4. The predicted octanol–water partition coefficient (Wildman–Crippen LogP) is 4.59. The first kappa shape index (κ1) is 19.5. The SMILES string of the molecule is CC(C)N(Cc1nc2ccccc2c(=O)[nH]1)C(=O)c1cc2c(s1)-c1ccccc1OC2. The zero-order valence-electron chi connectivity index (χ0n) is 17.2. The Balaban J connectivity index is 1.48. The topological polar surface area (TPSA) is 75.3 Å². The van der Waals surface area contributed by atoms with Crippen molar-refractivity contribution in [3.05, 3.63) is 81.2 Å². The molecule has 0 saturated heterocycles. The van der Waals surface area contributed by atoms with Gasteiger partial charge in [-0.15, -0.1) is 11.3 Å². The summed E-state index contributed by atoms with van der Waals surface area (Å²) in [5.74, 6) is 1.23. The molecule has 156 valence electrons. The van der Waals surface area contributed by atoms with Crippen LogP contribution >= 0.6 is 11.3 Å². The molecule has 0 atom stereocenters. The molecule has 2 aromatic heterocycles. The van der Waals surface area contributed by atoms with Crippen LogP contribution in [0.5, 0.6) is 5.75 Å². The van der Waals surface area contributed by atoms with Crippen molar-refractivity contribution in [2.75, 3.05) is 0 Å². The van der Waals surface area contributed by atoms with Gasteiger partial charge in [0.15, 0.2) is 0 Å². The summed E-state index contributed by atoms with van der Waals surface area (Å²) in [5.41, 5.74) is 2.47. The van der Waals surface area contributed by atoms with Gasteiger partial charge in [0.1, 0.15) is 18.2 Å². The molecule has 2 aromatic carbocycles. The molecular weight excluding hydrogens is 410 g/mol. The normalized spacial score (nSPS) is 12.4. The number of benzene rings is 2. The smallest absolute Gasteiger partial charge is 0.264 e. The summed E-state index contributed by atoms with van der Waals surface area (Å²) in [6, 6.07) is 16.9. The monoisotopic (exact) mass is 431 g/mol. The van der Waals surface area contributed by atoms with Crippen LogP contribution in [-0.2, 0) is 13.2 Å². The first-order valence-corrected chi connectivity index (χ1v) is 11.0. The molecule has 1 N–H and O–H groups in total. The molecule has 4 aromatic rings. The fraction of sp³-hybridized carbons (Fsp3) is 0.208. The van der Waals surface area contributed by atoms with Gasteiger partial charge in [-0.2, -0.15) is 0 Å². The maximum absolute atomic E-state index is 13.4. The van der Waals surface area contributed by atoms with E-state index in [9.17, 15) is 9.59 Å². The van der Waals surface area contributed by atoms with E-state index in [0.29, 0.717) is 28.2 Å². The van der Waals surface area contributed by atoms with Crippen molar-refractivity contribution >= 4 is 28.1 Å². The van der Waals surface area contributed by atoms with Gasteiger partial charge in [0.05, 0.1) is 22.3 Å². The van der Waals surface area contributed by atoms with Crippen molar-refractivity contribution in [3.63, 3.8) is 0 Å². The van der Waals surface area contributed by atoms with E-state index in [4.69, 9.17) is 4.74 Å². The number of hydrogen-bond donors (Lipinski definition) is 1. The lowest BCUT2D eigenvalue weighted by atomic mass is 10.1. The molecule has 0 fully saturated rings. The molecular formula is C24H21N3O3S. The Morgan fingerprint density at radius 1 is 1.19 bits per heavy atom. The Kier molecular flexibility index (Phi) is 4.82. The molecule has 6 nitrogen and oxygen atoms in total. The number of carbonyl (C=O) groups excluding carboxylic acids is 1. The highest BCUT2D eigenvalue weighted by Gasteiger charge is 2.26. The number of aromatic amines is 1. The third-order valence-electron chi connectivity index (χ3n) is 5.40. The Morgan fingerprint density at radius 2 is 1.97 bits per heavy atom. The third kappa shape index (κ3) is 3.51. The van der Waals surface area contributed by atoms with Crippen molar-refractivity contribution in [1.82, 2.24) is 14.9 Å². The second kappa shape index (κ2) is 7.67. The highest BCUT2D eigenvalue weighted by molar-refractivity contribution is 7.17. The van der Waals surface area contributed by atoms with E-state index in [0.717, 1.165) is 21.8 Å². The molecule has 7 heteroatoms. The molecule has 0 bridgehead atoms. The summed E-state index contributed by atoms with van der Waals surface area (Å²) in [7, 11) is 0. The second-order valence-electron chi connectivity index (χ2n) is 7.81. The first-order chi connectivity index (χ1) is 15.0. The molecule has 0 saturated carbocycles. The van der Waals surface area contributed by atoms with E-state index in [1.165, 1.54) is 11.3 Å². The fourth-order valence-electron chi connectivity index (χ4n) is 3.81. The lowest BCUT2D eigenvalue weighted by Crippen LogP contribution is -2.37. The fourth-order valence-corrected chi connectivity index (χ4v) is 4.96. The van der Waals surface area contributed by atoms with Gasteiger partial charge in [-0.1, -0.05) is 24.3 Å². The number of amides is 1. The van der Waals surface area contributed by atoms with Gasteiger partial charge in [-0.05, 0) is 44.2 Å². The number of aromatic nitrogens is 2. The molecule has 5 rings (SSSR count). The number of fused-ring (bicyclic) bond motifs is 4. The lowest BCUT2D eigenvalue weighted by Gasteiger charge is -2.25. The van der Waals surface area contributed by atoms with Crippen LogP contribution in [0.15, 0.2) is 59.4 Å². The van der Waals surface area contributed by atoms with Crippen LogP contribution < -0.4 is 10.3 Å². The second-order valence-corrected chi connectivity index (χ2v) is 8.86. The van der Waals surface area contributed by atoms with E-state index in [1.54, 1.807) is 17.0 Å². The maximum Gasteiger partial charge on any atom is 0.264 e. The van der Waals surface area contributed by atoms with Crippen molar-refractivity contribution < 1.29 is 9.53 Å². The number of hydrogen-bond acceptors (Lipinski definition) is 5. The third-order valence-corrected chi connectivity index (χ3v) is 6.60. The predicted molar refractivity (Wildman–Crippen MR) is 121 cm³/mol. The minimum absolute atomic E-state index is 0.0630. The highest BCUT2D eigenvalue weighted by Crippen LogP contribution is 2.42. The molecule has 0 unspecified atom stereocenters. The summed E-state index contributed by atoms with van der Waals surface area (Å²) < 4.78 is 5.83. The summed E-state index contributed by atoms with van der Waals surface area (Å²) in [5, 5.41) is 0.540. The molecule has 0 spiro atoms. The average molecular weight is 432 g/mol. The molecule has 1 aliphatic heterocycles. The summed E-state index contributed by atoms with van der Waals surface area (Å²) in [6.07, 6.45) is 0. The average Bonchev–Trinajstić information content (AvgIpc) is 3.22. The van der Waals surface area contributed by atoms with Gasteiger partial charge >= 0.3 is 0 Å². The molecule has 3 heterocycles. The van der Waals surface area contributed by atoms with Crippen LogP contribution in [0, 0.1) is 0 Å². The van der Waals surface area contributed by atoms with Gasteiger partial charge < -0.3 is 14.6 Å². The molecule has 1 amide bonds. The first-order valence-electron chi connectivity index (χ1n) is 10.1. The van der Waals surface area contributed by atoms with Crippen molar-refractivity contribution in [2.45, 2.75) is 33.0 Å². The number of para-hydroxylation sites is 2. The van der Waals surface area contributed by atoms with Crippen LogP contribution in [-0.4, -0.2) is 26.8 Å². The quantitative estimate of drug-likeness (QED) is 0.513. The van der Waals surface area contributed by atoms with Crippen molar-refractivity contribution in [3.8, 4) is 16.2 Å². The number of nitrogens with zero attached hydrogens (tertiary/aromatic N) is 2. The zero-order chi connectivity index (χ0) is 21.5. The van der Waals surface area contributed by atoms with Gasteiger partial charge in [-0.3, -0.25) is 9.59 Å². The van der Waals surface area contributed by atoms with Crippen LogP contribution in [0.4, 0.5) is 0 Å². The number of ether oxygens (including phenoxy) is 1. The molecule has 31 heavy (non-hydrogen) atoms. The Hall–Kier alpha value is -3.45. The Labute approximate surface area is 183 Å². The minimum atomic E-state index is -0.197. The summed E-state index contributed by atoms with van der Waals surface area (Å²) >= 11 is 1.48. The maximum atomic E-state index is 13.4. The van der Waals surface area contributed by atoms with E-state index >= 15 is 0 Å². The number of nitrogens with one attached hydrogen (secondary N) is 1. The standard InChI is InChI=1S/C24H21N3O3S/c1-14(2)27(12-21-25-18-9-5-3-7-16(18)23(28)26-21)24(29)20-11-15-13-30-19-10-6-4-8-17(19)22(15)31-20/h3-11,14H,12-13H2,1-2H3,(H,25,26,28). The largest absolute Gasteiger partial charge is 0.488 e.